The van der Waals surface area contributed by atoms with Gasteiger partial charge in [0.1, 0.15) is 5.60 Å². The number of hydrogen-bond donors (Lipinski definition) is 1. The van der Waals surface area contributed by atoms with Crippen LogP contribution in [0.1, 0.15) is 86.0 Å². The maximum atomic E-state index is 12.3. The van der Waals surface area contributed by atoms with Crippen LogP contribution in [0.25, 0.3) is 0 Å². The van der Waals surface area contributed by atoms with E-state index in [1.165, 1.54) is 38.5 Å². The number of amides is 1. The second-order valence-electron chi connectivity index (χ2n) is 8.04. The normalized spacial score (nSPS) is 20.9. The molecule has 1 heterocycles. The number of carbonyl (C=O) groups excluding carboxylic acids is 1. The molecule has 1 saturated heterocycles. The third-order valence-corrected chi connectivity index (χ3v) is 4.33. The fourth-order valence-electron chi connectivity index (χ4n) is 3.13. The molecule has 0 saturated carbocycles. The summed E-state index contributed by atoms with van der Waals surface area (Å²) in [6.07, 6.45) is 9.71. The average Bonchev–Trinajstić information content (AvgIpc) is 2.67. The molecule has 1 N–H and O–H groups in total. The second-order valence-corrected chi connectivity index (χ2v) is 8.04. The van der Waals surface area contributed by atoms with E-state index in [2.05, 4.69) is 19.2 Å². The molecule has 0 aliphatic carbocycles. The number of carbonyl (C=O) groups is 1. The van der Waals surface area contributed by atoms with Gasteiger partial charge in [0, 0.05) is 25.2 Å². The Labute approximate surface area is 143 Å². The van der Waals surface area contributed by atoms with Crippen LogP contribution < -0.4 is 5.32 Å². The molecule has 4 nitrogen and oxygen atoms in total. The van der Waals surface area contributed by atoms with Crippen LogP contribution in [0.2, 0.25) is 0 Å². The highest BCUT2D eigenvalue weighted by Crippen LogP contribution is 2.16. The number of nitrogens with zero attached hydrogens (tertiary/aromatic N) is 1. The molecule has 0 aromatic carbocycles. The van der Waals surface area contributed by atoms with E-state index in [9.17, 15) is 4.79 Å². The zero-order valence-electron chi connectivity index (χ0n) is 16.0. The number of hydrogen-bond acceptors (Lipinski definition) is 3. The molecule has 2 unspecified atom stereocenters. The number of rotatable bonds is 7. The Balaban J connectivity index is 2.41. The van der Waals surface area contributed by atoms with Gasteiger partial charge in [-0.1, -0.05) is 39.0 Å². The summed E-state index contributed by atoms with van der Waals surface area (Å²) < 4.78 is 5.54. The molecular formula is C19H38N2O2. The van der Waals surface area contributed by atoms with Gasteiger partial charge in [-0.25, -0.2) is 4.79 Å². The lowest BCUT2D eigenvalue weighted by molar-refractivity contribution is 0.0242. The van der Waals surface area contributed by atoms with Crippen LogP contribution in [0.5, 0.6) is 0 Å². The van der Waals surface area contributed by atoms with Gasteiger partial charge in [-0.15, -0.1) is 0 Å². The summed E-state index contributed by atoms with van der Waals surface area (Å²) in [5.41, 5.74) is -0.418. The first kappa shape index (κ1) is 20.3. The molecule has 2 atom stereocenters. The fraction of sp³-hybridized carbons (Fsp3) is 0.947. The van der Waals surface area contributed by atoms with Gasteiger partial charge in [0.25, 0.3) is 0 Å². The molecule has 0 spiro atoms. The Morgan fingerprint density at radius 2 is 2.00 bits per heavy atom. The molecule has 1 aliphatic rings. The zero-order chi connectivity index (χ0) is 17.3. The van der Waals surface area contributed by atoms with Gasteiger partial charge in [-0.3, -0.25) is 0 Å². The van der Waals surface area contributed by atoms with Gasteiger partial charge in [0.2, 0.25) is 0 Å². The van der Waals surface area contributed by atoms with Crippen LogP contribution in [-0.4, -0.2) is 41.8 Å². The minimum absolute atomic E-state index is 0.165. The van der Waals surface area contributed by atoms with Gasteiger partial charge in [-0.2, -0.15) is 0 Å². The number of nitrogens with one attached hydrogen (secondary N) is 1. The van der Waals surface area contributed by atoms with E-state index in [1.54, 1.807) is 0 Å². The van der Waals surface area contributed by atoms with Crippen molar-refractivity contribution in [3.8, 4) is 0 Å². The minimum atomic E-state index is -0.418. The van der Waals surface area contributed by atoms with Crippen LogP contribution in [0.15, 0.2) is 0 Å². The third-order valence-electron chi connectivity index (χ3n) is 4.33. The van der Waals surface area contributed by atoms with E-state index in [1.807, 2.05) is 25.7 Å². The van der Waals surface area contributed by atoms with Crippen molar-refractivity contribution in [3.05, 3.63) is 0 Å². The van der Waals surface area contributed by atoms with Crippen LogP contribution in [0.3, 0.4) is 0 Å². The summed E-state index contributed by atoms with van der Waals surface area (Å²) in [5, 5.41) is 3.73. The molecule has 1 rings (SSSR count). The SMILES string of the molecule is CCCCCCC(C)NC1CCCCN(C(=O)OC(C)(C)C)C1. The molecule has 1 aliphatic heterocycles. The second kappa shape index (κ2) is 10.2. The third kappa shape index (κ3) is 9.19. The van der Waals surface area contributed by atoms with Crippen LogP contribution in [0.4, 0.5) is 4.79 Å². The molecule has 0 aromatic heterocycles. The van der Waals surface area contributed by atoms with Crippen molar-refractivity contribution in [2.45, 2.75) is 104 Å². The molecular weight excluding hydrogens is 288 g/mol. The number of likely N-dealkylation sites (tertiary alicyclic amines) is 1. The summed E-state index contributed by atoms with van der Waals surface area (Å²) in [7, 11) is 0. The molecule has 0 bridgehead atoms. The van der Waals surface area contributed by atoms with Crippen molar-refractivity contribution in [3.63, 3.8) is 0 Å². The monoisotopic (exact) mass is 326 g/mol. The predicted molar refractivity (Wildman–Crippen MR) is 96.8 cm³/mol. The van der Waals surface area contributed by atoms with E-state index in [4.69, 9.17) is 4.74 Å². The molecule has 136 valence electrons. The van der Waals surface area contributed by atoms with Gasteiger partial charge >= 0.3 is 6.09 Å². The first-order chi connectivity index (χ1) is 10.8. The maximum Gasteiger partial charge on any atom is 0.410 e. The Morgan fingerprint density at radius 3 is 2.65 bits per heavy atom. The van der Waals surface area contributed by atoms with E-state index in [-0.39, 0.29) is 6.09 Å². The first-order valence-electron chi connectivity index (χ1n) is 9.55. The zero-order valence-corrected chi connectivity index (χ0v) is 16.0. The molecule has 4 heteroatoms. The van der Waals surface area contributed by atoms with Gasteiger partial charge in [0.05, 0.1) is 0 Å². The van der Waals surface area contributed by atoms with Crippen LogP contribution in [-0.2, 0) is 4.74 Å². The predicted octanol–water partition coefficient (Wildman–Crippen LogP) is 4.72. The van der Waals surface area contributed by atoms with Gasteiger partial charge < -0.3 is 15.0 Å². The quantitative estimate of drug-likeness (QED) is 0.688. The minimum Gasteiger partial charge on any atom is -0.444 e. The molecule has 0 radical (unpaired) electrons. The average molecular weight is 327 g/mol. The molecule has 1 fully saturated rings. The summed E-state index contributed by atoms with van der Waals surface area (Å²) >= 11 is 0. The first-order valence-corrected chi connectivity index (χ1v) is 9.55. The summed E-state index contributed by atoms with van der Waals surface area (Å²) in [4.78, 5) is 14.2. The largest absolute Gasteiger partial charge is 0.444 e. The topological polar surface area (TPSA) is 41.6 Å². The number of ether oxygens (including phenoxy) is 1. The highest BCUT2D eigenvalue weighted by Gasteiger charge is 2.26. The lowest BCUT2D eigenvalue weighted by Crippen LogP contribution is -2.46. The highest BCUT2D eigenvalue weighted by molar-refractivity contribution is 5.68. The van der Waals surface area contributed by atoms with Gasteiger partial charge in [-0.05, 0) is 47.0 Å². The van der Waals surface area contributed by atoms with Crippen LogP contribution in [0, 0.1) is 0 Å². The fourth-order valence-corrected chi connectivity index (χ4v) is 3.13. The van der Waals surface area contributed by atoms with Crippen molar-refractivity contribution < 1.29 is 9.53 Å². The van der Waals surface area contributed by atoms with Crippen molar-refractivity contribution in [1.29, 1.82) is 0 Å². The van der Waals surface area contributed by atoms with Crippen molar-refractivity contribution in [2.75, 3.05) is 13.1 Å². The Kier molecular flexibility index (Phi) is 8.96. The van der Waals surface area contributed by atoms with E-state index >= 15 is 0 Å². The molecule has 0 aromatic rings. The summed E-state index contributed by atoms with van der Waals surface area (Å²) in [5.74, 6) is 0. The lowest BCUT2D eigenvalue weighted by atomic mass is 10.1. The summed E-state index contributed by atoms with van der Waals surface area (Å²) in [6.45, 7) is 11.9. The Bertz CT molecular complexity index is 339. The Morgan fingerprint density at radius 1 is 1.26 bits per heavy atom. The van der Waals surface area contributed by atoms with Crippen molar-refractivity contribution >= 4 is 6.09 Å². The van der Waals surface area contributed by atoms with E-state index < -0.39 is 5.60 Å². The van der Waals surface area contributed by atoms with E-state index in [0.717, 1.165) is 25.9 Å². The lowest BCUT2D eigenvalue weighted by Gasteiger charge is -2.30. The standard InChI is InChI=1S/C19H38N2O2/c1-6-7-8-9-12-16(2)20-17-13-10-11-14-21(15-17)18(22)23-19(3,4)5/h16-17,20H,6-15H2,1-5H3. The van der Waals surface area contributed by atoms with Crippen LogP contribution >= 0.6 is 0 Å². The maximum absolute atomic E-state index is 12.3. The highest BCUT2D eigenvalue weighted by atomic mass is 16.6. The summed E-state index contributed by atoms with van der Waals surface area (Å²) in [6, 6.07) is 0.918. The molecule has 23 heavy (non-hydrogen) atoms. The Hall–Kier alpha value is -0.770. The molecule has 1 amide bonds. The van der Waals surface area contributed by atoms with Crippen molar-refractivity contribution in [1.82, 2.24) is 10.2 Å². The van der Waals surface area contributed by atoms with E-state index in [0.29, 0.717) is 12.1 Å². The van der Waals surface area contributed by atoms with Crippen molar-refractivity contribution in [2.24, 2.45) is 0 Å². The smallest absolute Gasteiger partial charge is 0.410 e. The van der Waals surface area contributed by atoms with Gasteiger partial charge in [0.15, 0.2) is 0 Å². The number of unbranched alkanes of at least 4 members (excludes halogenated alkanes) is 3.